The summed E-state index contributed by atoms with van der Waals surface area (Å²) in [6, 6.07) is 14.3. The second-order valence-electron chi connectivity index (χ2n) is 7.96. The smallest absolute Gasteiger partial charge is 0.270 e. The molecule has 1 aliphatic rings. The van der Waals surface area contributed by atoms with Gasteiger partial charge in [-0.05, 0) is 43.8 Å². The van der Waals surface area contributed by atoms with Crippen molar-refractivity contribution in [3.8, 4) is 11.3 Å². The third kappa shape index (κ3) is 5.10. The minimum atomic E-state index is -3.99. The van der Waals surface area contributed by atoms with Gasteiger partial charge in [0.25, 0.3) is 15.7 Å². The highest BCUT2D eigenvalue weighted by Crippen LogP contribution is 2.26. The summed E-state index contributed by atoms with van der Waals surface area (Å²) in [5.41, 5.74) is 1.95. The van der Waals surface area contributed by atoms with Gasteiger partial charge in [-0.3, -0.25) is 14.8 Å². The molecular formula is C22H24N6O4S. The van der Waals surface area contributed by atoms with Crippen LogP contribution in [-0.4, -0.2) is 61.7 Å². The van der Waals surface area contributed by atoms with E-state index in [1.807, 2.05) is 12.1 Å². The molecule has 0 unspecified atom stereocenters. The Balaban J connectivity index is 1.48. The molecule has 0 radical (unpaired) electrons. The van der Waals surface area contributed by atoms with Crippen molar-refractivity contribution in [1.29, 1.82) is 0 Å². The number of sulfonamides is 1. The molecule has 2 aromatic carbocycles. The van der Waals surface area contributed by atoms with E-state index in [-0.39, 0.29) is 10.6 Å². The Hall–Kier alpha value is -3.57. The molecule has 10 nitrogen and oxygen atoms in total. The quantitative estimate of drug-likeness (QED) is 0.433. The summed E-state index contributed by atoms with van der Waals surface area (Å²) in [4.78, 5) is 14.7. The van der Waals surface area contributed by atoms with Gasteiger partial charge in [0.15, 0.2) is 5.82 Å². The SMILES string of the molecule is Cc1ccc([N+](=O)[O-])cc1S(=O)(=O)Nc1ccc(-c2ccc(N3CCN(C)CC3)nn2)cc1. The highest BCUT2D eigenvalue weighted by molar-refractivity contribution is 7.92. The first-order valence-electron chi connectivity index (χ1n) is 10.4. The van der Waals surface area contributed by atoms with Gasteiger partial charge in [0.05, 0.1) is 15.5 Å². The third-order valence-electron chi connectivity index (χ3n) is 5.58. The van der Waals surface area contributed by atoms with Crippen molar-refractivity contribution in [2.45, 2.75) is 11.8 Å². The van der Waals surface area contributed by atoms with E-state index in [9.17, 15) is 18.5 Å². The number of piperazine rings is 1. The van der Waals surface area contributed by atoms with Crippen molar-refractivity contribution in [1.82, 2.24) is 15.1 Å². The number of aromatic nitrogens is 2. The average molecular weight is 469 g/mol. The van der Waals surface area contributed by atoms with E-state index in [0.717, 1.165) is 43.6 Å². The Kier molecular flexibility index (Phi) is 6.25. The van der Waals surface area contributed by atoms with E-state index in [1.54, 1.807) is 31.2 Å². The topological polar surface area (TPSA) is 122 Å². The van der Waals surface area contributed by atoms with Gasteiger partial charge in [-0.2, -0.15) is 0 Å². The van der Waals surface area contributed by atoms with Crippen LogP contribution in [0.5, 0.6) is 0 Å². The number of nitrogens with zero attached hydrogens (tertiary/aromatic N) is 5. The summed E-state index contributed by atoms with van der Waals surface area (Å²) in [7, 11) is -1.89. The molecule has 1 aromatic heterocycles. The first-order chi connectivity index (χ1) is 15.7. The largest absolute Gasteiger partial charge is 0.353 e. The summed E-state index contributed by atoms with van der Waals surface area (Å²) in [6.07, 6.45) is 0. The van der Waals surface area contributed by atoms with Crippen molar-refractivity contribution in [2.75, 3.05) is 42.8 Å². The van der Waals surface area contributed by atoms with Gasteiger partial charge in [0.1, 0.15) is 0 Å². The van der Waals surface area contributed by atoms with Crippen molar-refractivity contribution >= 4 is 27.2 Å². The Morgan fingerprint density at radius 1 is 0.970 bits per heavy atom. The standard InChI is InChI=1S/C22H24N6O4S/c1-16-3-8-19(28(29)30)15-21(16)33(31,32)25-18-6-4-17(5-7-18)20-9-10-22(24-23-20)27-13-11-26(2)12-14-27/h3-10,15,25H,11-14H2,1-2H3. The molecule has 0 saturated carbocycles. The minimum Gasteiger partial charge on any atom is -0.353 e. The second kappa shape index (κ2) is 9.12. The molecule has 1 aliphatic heterocycles. The second-order valence-corrected chi connectivity index (χ2v) is 9.61. The van der Waals surface area contributed by atoms with Crippen molar-refractivity contribution < 1.29 is 13.3 Å². The van der Waals surface area contributed by atoms with Crippen molar-refractivity contribution in [3.05, 3.63) is 70.3 Å². The summed E-state index contributed by atoms with van der Waals surface area (Å²) >= 11 is 0. The highest BCUT2D eigenvalue weighted by atomic mass is 32.2. The zero-order valence-corrected chi connectivity index (χ0v) is 19.1. The Labute approximate surface area is 192 Å². The lowest BCUT2D eigenvalue weighted by Gasteiger charge is -2.32. The number of anilines is 2. The van der Waals surface area contributed by atoms with Crippen LogP contribution >= 0.6 is 0 Å². The van der Waals surface area contributed by atoms with Gasteiger partial charge in [0.2, 0.25) is 0 Å². The lowest BCUT2D eigenvalue weighted by Crippen LogP contribution is -2.44. The maximum atomic E-state index is 12.8. The molecule has 11 heteroatoms. The molecule has 3 aromatic rings. The van der Waals surface area contributed by atoms with Crippen LogP contribution in [0.15, 0.2) is 59.5 Å². The number of nitro benzene ring substituents is 1. The van der Waals surface area contributed by atoms with E-state index in [2.05, 4.69) is 31.8 Å². The molecule has 2 heterocycles. The molecule has 1 fully saturated rings. The molecule has 4 rings (SSSR count). The Morgan fingerprint density at radius 2 is 1.67 bits per heavy atom. The third-order valence-corrected chi connectivity index (χ3v) is 7.11. The predicted octanol–water partition coefficient (Wildman–Crippen LogP) is 2.91. The van der Waals surface area contributed by atoms with Crippen molar-refractivity contribution in [3.63, 3.8) is 0 Å². The molecule has 0 aliphatic carbocycles. The fourth-order valence-corrected chi connectivity index (χ4v) is 4.92. The summed E-state index contributed by atoms with van der Waals surface area (Å²) in [5.74, 6) is 0.837. The van der Waals surface area contributed by atoms with Crippen LogP contribution in [0.1, 0.15) is 5.56 Å². The monoisotopic (exact) mass is 468 g/mol. The van der Waals surface area contributed by atoms with E-state index in [4.69, 9.17) is 0 Å². The fourth-order valence-electron chi connectivity index (χ4n) is 3.59. The number of benzene rings is 2. The number of likely N-dealkylation sites (N-methyl/N-ethyl adjacent to an activating group) is 1. The van der Waals surface area contributed by atoms with Gasteiger partial charge in [-0.25, -0.2) is 8.42 Å². The summed E-state index contributed by atoms with van der Waals surface area (Å²) < 4.78 is 28.1. The summed E-state index contributed by atoms with van der Waals surface area (Å²) in [6.45, 7) is 5.37. The van der Waals surface area contributed by atoms with E-state index >= 15 is 0 Å². The maximum absolute atomic E-state index is 12.8. The van der Waals surface area contributed by atoms with E-state index < -0.39 is 14.9 Å². The number of nitrogens with one attached hydrogen (secondary N) is 1. The van der Waals surface area contributed by atoms with Crippen LogP contribution in [0.4, 0.5) is 17.2 Å². The van der Waals surface area contributed by atoms with Crippen molar-refractivity contribution in [2.24, 2.45) is 0 Å². The molecule has 0 bridgehead atoms. The number of hydrogen-bond acceptors (Lipinski definition) is 8. The van der Waals surface area contributed by atoms with Crippen LogP contribution in [0.25, 0.3) is 11.3 Å². The lowest BCUT2D eigenvalue weighted by molar-refractivity contribution is -0.385. The normalized spacial score (nSPS) is 14.8. The number of nitro groups is 1. The predicted molar refractivity (Wildman–Crippen MR) is 126 cm³/mol. The fraction of sp³-hybridized carbons (Fsp3) is 0.273. The molecule has 0 atom stereocenters. The molecular weight excluding hydrogens is 444 g/mol. The minimum absolute atomic E-state index is 0.133. The van der Waals surface area contributed by atoms with Crippen LogP contribution < -0.4 is 9.62 Å². The maximum Gasteiger partial charge on any atom is 0.270 e. The number of non-ortho nitro benzene ring substituents is 1. The van der Waals surface area contributed by atoms with Crippen LogP contribution in [0.3, 0.4) is 0 Å². The van der Waals surface area contributed by atoms with Crippen LogP contribution in [-0.2, 0) is 10.0 Å². The van der Waals surface area contributed by atoms with Gasteiger partial charge in [0, 0.05) is 49.6 Å². The van der Waals surface area contributed by atoms with Gasteiger partial charge in [-0.1, -0.05) is 18.2 Å². The Bertz CT molecular complexity index is 1260. The van der Waals surface area contributed by atoms with Gasteiger partial charge >= 0.3 is 0 Å². The molecule has 33 heavy (non-hydrogen) atoms. The first-order valence-corrected chi connectivity index (χ1v) is 11.9. The zero-order chi connectivity index (χ0) is 23.6. The van der Waals surface area contributed by atoms with E-state index in [0.29, 0.717) is 16.9 Å². The Morgan fingerprint density at radius 3 is 2.27 bits per heavy atom. The average Bonchev–Trinajstić information content (AvgIpc) is 2.80. The van der Waals surface area contributed by atoms with Crippen LogP contribution in [0, 0.1) is 17.0 Å². The molecule has 0 spiro atoms. The highest BCUT2D eigenvalue weighted by Gasteiger charge is 2.21. The number of rotatable bonds is 6. The van der Waals surface area contributed by atoms with Crippen LogP contribution in [0.2, 0.25) is 0 Å². The van der Waals surface area contributed by atoms with Gasteiger partial charge in [-0.15, -0.1) is 10.2 Å². The van der Waals surface area contributed by atoms with E-state index in [1.165, 1.54) is 12.1 Å². The van der Waals surface area contributed by atoms with Gasteiger partial charge < -0.3 is 9.80 Å². The first kappa shape index (κ1) is 22.6. The molecule has 0 amide bonds. The zero-order valence-electron chi connectivity index (χ0n) is 18.3. The molecule has 172 valence electrons. The summed E-state index contributed by atoms with van der Waals surface area (Å²) in [5, 5.41) is 19.7. The molecule has 1 N–H and O–H groups in total. The molecule has 1 saturated heterocycles. The lowest BCUT2D eigenvalue weighted by atomic mass is 10.1. The number of hydrogen-bond donors (Lipinski definition) is 1. The number of aryl methyl sites for hydroxylation is 1.